The molecule has 4 heteroatoms. The maximum absolute atomic E-state index is 10.2. The Kier molecular flexibility index (Phi) is 3.76. The SMILES string of the molecule is COC1CCN(/C=C/C(=O)O)CC1. The molecule has 0 atom stereocenters. The van der Waals surface area contributed by atoms with Crippen LogP contribution in [0.3, 0.4) is 0 Å². The molecule has 74 valence electrons. The maximum atomic E-state index is 10.2. The third-order valence-corrected chi connectivity index (χ3v) is 2.24. The van der Waals surface area contributed by atoms with Crippen LogP contribution in [0.25, 0.3) is 0 Å². The molecule has 0 unspecified atom stereocenters. The fourth-order valence-electron chi connectivity index (χ4n) is 1.43. The summed E-state index contributed by atoms with van der Waals surface area (Å²) >= 11 is 0. The van der Waals surface area contributed by atoms with Gasteiger partial charge in [0.1, 0.15) is 0 Å². The monoisotopic (exact) mass is 185 g/mol. The number of hydrogen-bond donors (Lipinski definition) is 1. The van der Waals surface area contributed by atoms with Crippen LogP contribution in [0.15, 0.2) is 12.3 Å². The van der Waals surface area contributed by atoms with Crippen LogP contribution >= 0.6 is 0 Å². The van der Waals surface area contributed by atoms with E-state index in [0.29, 0.717) is 6.10 Å². The molecule has 1 fully saturated rings. The van der Waals surface area contributed by atoms with Gasteiger partial charge in [-0.1, -0.05) is 0 Å². The first kappa shape index (κ1) is 10.1. The molecule has 0 aromatic heterocycles. The number of piperidine rings is 1. The van der Waals surface area contributed by atoms with Crippen molar-refractivity contribution in [2.75, 3.05) is 20.2 Å². The molecule has 1 aliphatic rings. The van der Waals surface area contributed by atoms with Crippen molar-refractivity contribution < 1.29 is 14.6 Å². The third-order valence-electron chi connectivity index (χ3n) is 2.24. The molecule has 1 N–H and O–H groups in total. The number of aliphatic carboxylic acids is 1. The summed E-state index contributed by atoms with van der Waals surface area (Å²) in [4.78, 5) is 12.2. The average Bonchev–Trinajstić information content (AvgIpc) is 2.15. The Hall–Kier alpha value is -1.03. The van der Waals surface area contributed by atoms with E-state index < -0.39 is 5.97 Å². The van der Waals surface area contributed by atoms with E-state index in [-0.39, 0.29) is 0 Å². The van der Waals surface area contributed by atoms with Crippen molar-refractivity contribution in [1.82, 2.24) is 4.90 Å². The smallest absolute Gasteiger partial charge is 0.329 e. The molecule has 1 saturated heterocycles. The third kappa shape index (κ3) is 3.46. The largest absolute Gasteiger partial charge is 0.478 e. The maximum Gasteiger partial charge on any atom is 0.329 e. The zero-order valence-electron chi connectivity index (χ0n) is 7.77. The minimum Gasteiger partial charge on any atom is -0.478 e. The number of likely N-dealkylation sites (tertiary alicyclic amines) is 1. The van der Waals surface area contributed by atoms with Crippen molar-refractivity contribution in [3.63, 3.8) is 0 Å². The summed E-state index contributed by atoms with van der Waals surface area (Å²) in [6, 6.07) is 0. The molecule has 0 aliphatic carbocycles. The minimum absolute atomic E-state index is 0.342. The second kappa shape index (κ2) is 4.87. The number of hydrogen-bond acceptors (Lipinski definition) is 3. The summed E-state index contributed by atoms with van der Waals surface area (Å²) in [5.74, 6) is -0.895. The Labute approximate surface area is 77.8 Å². The minimum atomic E-state index is -0.895. The number of rotatable bonds is 3. The highest BCUT2D eigenvalue weighted by molar-refractivity contribution is 5.79. The van der Waals surface area contributed by atoms with Crippen molar-refractivity contribution in [2.24, 2.45) is 0 Å². The Morgan fingerprint density at radius 3 is 2.62 bits per heavy atom. The predicted octanol–water partition coefficient (Wildman–Crippen LogP) is 0.696. The summed E-state index contributed by atoms with van der Waals surface area (Å²) in [6.45, 7) is 1.75. The molecule has 1 heterocycles. The lowest BCUT2D eigenvalue weighted by atomic mass is 10.1. The van der Waals surface area contributed by atoms with Gasteiger partial charge in [0, 0.05) is 32.5 Å². The molecule has 0 aromatic carbocycles. The normalized spacial score (nSPS) is 19.6. The number of methoxy groups -OCH3 is 1. The number of ether oxygens (including phenoxy) is 1. The van der Waals surface area contributed by atoms with Crippen LogP contribution in [0.5, 0.6) is 0 Å². The standard InChI is InChI=1S/C9H15NO3/c1-13-8-2-5-10(6-3-8)7-4-9(11)12/h4,7-8H,2-3,5-6H2,1H3,(H,11,12)/b7-4+. The second-order valence-electron chi connectivity index (χ2n) is 3.13. The summed E-state index contributed by atoms with van der Waals surface area (Å²) in [6.07, 6.45) is 5.09. The second-order valence-corrected chi connectivity index (χ2v) is 3.13. The van der Waals surface area contributed by atoms with E-state index in [1.165, 1.54) is 6.08 Å². The molecule has 0 amide bonds. The van der Waals surface area contributed by atoms with Gasteiger partial charge in [-0.3, -0.25) is 0 Å². The van der Waals surface area contributed by atoms with Crippen LogP contribution in [0.4, 0.5) is 0 Å². The molecule has 1 rings (SSSR count). The van der Waals surface area contributed by atoms with Crippen LogP contribution in [-0.2, 0) is 9.53 Å². The average molecular weight is 185 g/mol. The topological polar surface area (TPSA) is 49.8 Å². The Bertz CT molecular complexity index is 195. The zero-order chi connectivity index (χ0) is 9.68. The summed E-state index contributed by atoms with van der Waals surface area (Å²) in [5.41, 5.74) is 0. The Morgan fingerprint density at radius 1 is 1.54 bits per heavy atom. The fraction of sp³-hybridized carbons (Fsp3) is 0.667. The molecule has 1 aliphatic heterocycles. The van der Waals surface area contributed by atoms with Crippen molar-refractivity contribution in [2.45, 2.75) is 18.9 Å². The van der Waals surface area contributed by atoms with Crippen LogP contribution in [-0.4, -0.2) is 42.3 Å². The molecule has 4 nitrogen and oxygen atoms in total. The van der Waals surface area contributed by atoms with Gasteiger partial charge in [-0.15, -0.1) is 0 Å². The fourth-order valence-corrected chi connectivity index (χ4v) is 1.43. The van der Waals surface area contributed by atoms with Crippen molar-refractivity contribution in [3.05, 3.63) is 12.3 Å². The highest BCUT2D eigenvalue weighted by Gasteiger charge is 2.15. The number of carboxylic acids is 1. The van der Waals surface area contributed by atoms with Gasteiger partial charge in [-0.2, -0.15) is 0 Å². The van der Waals surface area contributed by atoms with E-state index >= 15 is 0 Å². The van der Waals surface area contributed by atoms with Gasteiger partial charge in [-0.25, -0.2) is 4.79 Å². The highest BCUT2D eigenvalue weighted by atomic mass is 16.5. The van der Waals surface area contributed by atoms with Gasteiger partial charge in [0.05, 0.1) is 6.10 Å². The molecule has 0 saturated carbocycles. The quantitative estimate of drug-likeness (QED) is 0.657. The number of carbonyl (C=O) groups is 1. The van der Waals surface area contributed by atoms with Crippen LogP contribution in [0, 0.1) is 0 Å². The molecular weight excluding hydrogens is 170 g/mol. The van der Waals surface area contributed by atoms with E-state index in [4.69, 9.17) is 9.84 Å². The van der Waals surface area contributed by atoms with Crippen molar-refractivity contribution in [3.8, 4) is 0 Å². The lowest BCUT2D eigenvalue weighted by Gasteiger charge is -2.29. The van der Waals surface area contributed by atoms with Gasteiger partial charge >= 0.3 is 5.97 Å². The van der Waals surface area contributed by atoms with E-state index in [1.54, 1.807) is 13.3 Å². The van der Waals surface area contributed by atoms with E-state index in [1.807, 2.05) is 4.90 Å². The molecule has 0 aromatic rings. The van der Waals surface area contributed by atoms with Crippen LogP contribution in [0.2, 0.25) is 0 Å². The van der Waals surface area contributed by atoms with E-state index in [0.717, 1.165) is 25.9 Å². The van der Waals surface area contributed by atoms with Crippen molar-refractivity contribution >= 4 is 5.97 Å². The predicted molar refractivity (Wildman–Crippen MR) is 48.4 cm³/mol. The van der Waals surface area contributed by atoms with E-state index in [2.05, 4.69) is 0 Å². The van der Waals surface area contributed by atoms with Gasteiger partial charge in [0.25, 0.3) is 0 Å². The molecule has 0 spiro atoms. The first-order valence-corrected chi connectivity index (χ1v) is 4.40. The Morgan fingerprint density at radius 2 is 2.15 bits per heavy atom. The lowest BCUT2D eigenvalue weighted by molar-refractivity contribution is -0.131. The first-order valence-electron chi connectivity index (χ1n) is 4.40. The number of carboxylic acid groups (broad SMARTS) is 1. The molecule has 0 radical (unpaired) electrons. The van der Waals surface area contributed by atoms with E-state index in [9.17, 15) is 4.79 Å². The first-order chi connectivity index (χ1) is 6.22. The molecular formula is C9H15NO3. The van der Waals surface area contributed by atoms with Crippen LogP contribution < -0.4 is 0 Å². The number of nitrogens with zero attached hydrogens (tertiary/aromatic N) is 1. The molecule has 13 heavy (non-hydrogen) atoms. The van der Waals surface area contributed by atoms with Gasteiger partial charge in [-0.05, 0) is 12.8 Å². The summed E-state index contributed by atoms with van der Waals surface area (Å²) in [7, 11) is 1.72. The van der Waals surface area contributed by atoms with Gasteiger partial charge in [0.15, 0.2) is 0 Å². The Balaban J connectivity index is 2.28. The van der Waals surface area contributed by atoms with Gasteiger partial charge < -0.3 is 14.7 Å². The van der Waals surface area contributed by atoms with Crippen molar-refractivity contribution in [1.29, 1.82) is 0 Å². The molecule has 0 bridgehead atoms. The highest BCUT2D eigenvalue weighted by Crippen LogP contribution is 2.12. The lowest BCUT2D eigenvalue weighted by Crippen LogP contribution is -2.33. The summed E-state index contributed by atoms with van der Waals surface area (Å²) in [5, 5.41) is 8.40. The zero-order valence-corrected chi connectivity index (χ0v) is 7.77. The van der Waals surface area contributed by atoms with Crippen LogP contribution in [0.1, 0.15) is 12.8 Å². The summed E-state index contributed by atoms with van der Waals surface area (Å²) < 4.78 is 5.20. The van der Waals surface area contributed by atoms with Gasteiger partial charge in [0.2, 0.25) is 0 Å².